The molecule has 9 heteroatoms. The van der Waals surface area contributed by atoms with Crippen molar-refractivity contribution >= 4 is 17.9 Å². The number of allylic oxidation sites excluding steroid dienone is 18. The van der Waals surface area contributed by atoms with Crippen LogP contribution in [0.3, 0.4) is 0 Å². The largest absolute Gasteiger partial charge is 0.545 e. The predicted octanol–water partition coefficient (Wildman–Crippen LogP) is 16.6. The smallest absolute Gasteiger partial charge is 0.306 e. The van der Waals surface area contributed by atoms with Crippen molar-refractivity contribution in [2.45, 2.75) is 245 Å². The van der Waals surface area contributed by atoms with Crippen LogP contribution in [0.1, 0.15) is 232 Å². The maximum atomic E-state index is 12.9. The normalized spacial score (nSPS) is 13.6. The topological polar surface area (TPSA) is 111 Å². The molecule has 2 atom stereocenters. The van der Waals surface area contributed by atoms with Crippen LogP contribution in [-0.4, -0.2) is 82.3 Å². The number of unbranched alkanes of at least 4 members (excludes halogenated alkanes) is 21. The van der Waals surface area contributed by atoms with Gasteiger partial charge in [0.25, 0.3) is 0 Å². The Hall–Kier alpha value is -4.05. The molecule has 0 aliphatic rings. The molecular formula is C66H111NO8. The molecule has 0 aliphatic carbocycles. The molecule has 0 fully saturated rings. The standard InChI is InChI=1S/C66H111NO8/c1-6-8-10-12-14-16-18-20-22-24-26-28-30-32-34-36-38-40-42-44-46-48-50-52-54-56-63(68)73-60-62(61-74-66(65(70)71)72-59-58-67(3,4)5)75-64(69)57-55-53-51-49-47-45-43-41-39-37-35-33-31-29-27-25-23-21-19-17-15-13-11-9-7-2/h9,11,15,17-18,20-21,23-24,26-27,29,33,35,39,41,45,47,62,66H,6-8,10,12-14,16,19,22,25,28,30-32,34,36-38,40,42-44,46,48-61H2,1-5H3/b11-9-,17-15-,20-18-,23-21-,26-24-,29-27-,35-33-,41-39-,47-45-. The quantitative estimate of drug-likeness (QED) is 0.0195. The van der Waals surface area contributed by atoms with E-state index >= 15 is 0 Å². The summed E-state index contributed by atoms with van der Waals surface area (Å²) in [7, 11) is 5.90. The van der Waals surface area contributed by atoms with E-state index in [1.807, 2.05) is 21.1 Å². The van der Waals surface area contributed by atoms with Crippen molar-refractivity contribution in [1.29, 1.82) is 0 Å². The molecule has 0 saturated carbocycles. The van der Waals surface area contributed by atoms with E-state index in [4.69, 9.17) is 18.9 Å². The summed E-state index contributed by atoms with van der Waals surface area (Å²) in [6.45, 7) is 4.58. The van der Waals surface area contributed by atoms with Crippen LogP contribution in [0.5, 0.6) is 0 Å². The summed E-state index contributed by atoms with van der Waals surface area (Å²) in [5.41, 5.74) is 0. The third kappa shape index (κ3) is 57.5. The van der Waals surface area contributed by atoms with Crippen molar-refractivity contribution in [3.63, 3.8) is 0 Å². The van der Waals surface area contributed by atoms with Crippen LogP contribution in [0.4, 0.5) is 0 Å². The Bertz CT molecular complexity index is 1590. The van der Waals surface area contributed by atoms with Crippen molar-refractivity contribution in [3.05, 3.63) is 109 Å². The number of aliphatic carboxylic acids is 1. The number of carboxylic acid groups (broad SMARTS) is 1. The number of quaternary nitrogens is 1. The molecule has 0 aromatic heterocycles. The molecule has 0 heterocycles. The maximum Gasteiger partial charge on any atom is 0.306 e. The monoisotopic (exact) mass is 1050 g/mol. The fraction of sp³-hybridized carbons (Fsp3) is 0.682. The number of carbonyl (C=O) groups excluding carboxylic acids is 3. The van der Waals surface area contributed by atoms with Gasteiger partial charge in [0, 0.05) is 12.8 Å². The number of esters is 2. The second-order valence-electron chi connectivity index (χ2n) is 20.9. The zero-order valence-corrected chi connectivity index (χ0v) is 48.6. The molecule has 0 rings (SSSR count). The zero-order chi connectivity index (χ0) is 54.8. The highest BCUT2D eigenvalue weighted by molar-refractivity contribution is 5.70. The SMILES string of the molecule is CC/C=C\C/C=C\C/C=C\C/C=C\C/C=C\C/C=C\C/C=C\CCCCCC(=O)OC(COC(=O)CCCCCCCCCCCCCCC/C=C\C/C=C\CCCCCCC)COC(OCC[N+](C)(C)C)C(=O)[O-]. The van der Waals surface area contributed by atoms with Gasteiger partial charge in [0.2, 0.25) is 0 Å². The van der Waals surface area contributed by atoms with E-state index in [2.05, 4.69) is 123 Å². The molecule has 0 spiro atoms. The first-order valence-corrected chi connectivity index (χ1v) is 30.0. The van der Waals surface area contributed by atoms with Crippen LogP contribution in [0.25, 0.3) is 0 Å². The lowest BCUT2D eigenvalue weighted by Crippen LogP contribution is -2.44. The van der Waals surface area contributed by atoms with E-state index in [0.717, 1.165) is 89.9 Å². The second-order valence-corrected chi connectivity index (χ2v) is 20.9. The summed E-state index contributed by atoms with van der Waals surface area (Å²) in [4.78, 5) is 37.3. The van der Waals surface area contributed by atoms with Gasteiger partial charge in [-0.3, -0.25) is 9.59 Å². The van der Waals surface area contributed by atoms with Gasteiger partial charge in [-0.05, 0) is 103 Å². The molecule has 75 heavy (non-hydrogen) atoms. The highest BCUT2D eigenvalue weighted by Crippen LogP contribution is 2.15. The lowest BCUT2D eigenvalue weighted by Gasteiger charge is -2.26. The first-order chi connectivity index (χ1) is 36.6. The summed E-state index contributed by atoms with van der Waals surface area (Å²) >= 11 is 0. The molecule has 0 aliphatic heterocycles. The first kappa shape index (κ1) is 71.0. The second kappa shape index (κ2) is 56.2. The fourth-order valence-electron chi connectivity index (χ4n) is 7.90. The maximum absolute atomic E-state index is 12.9. The van der Waals surface area contributed by atoms with E-state index in [9.17, 15) is 19.5 Å². The zero-order valence-electron chi connectivity index (χ0n) is 48.6. The first-order valence-electron chi connectivity index (χ1n) is 30.0. The predicted molar refractivity (Wildman–Crippen MR) is 315 cm³/mol. The lowest BCUT2D eigenvalue weighted by atomic mass is 10.0. The van der Waals surface area contributed by atoms with E-state index in [1.54, 1.807) is 0 Å². The molecule has 2 unspecified atom stereocenters. The number of hydrogen-bond acceptors (Lipinski definition) is 8. The Balaban J connectivity index is 4.32. The highest BCUT2D eigenvalue weighted by atomic mass is 16.7. The third-order valence-corrected chi connectivity index (χ3v) is 12.5. The number of carboxylic acids is 1. The van der Waals surface area contributed by atoms with Crippen molar-refractivity contribution in [3.8, 4) is 0 Å². The van der Waals surface area contributed by atoms with Crippen LogP contribution in [0, 0.1) is 0 Å². The molecule has 0 saturated heterocycles. The minimum absolute atomic E-state index is 0.135. The summed E-state index contributed by atoms with van der Waals surface area (Å²) < 4.78 is 22.7. The van der Waals surface area contributed by atoms with Crippen molar-refractivity contribution in [2.75, 3.05) is 47.5 Å². The van der Waals surface area contributed by atoms with Crippen LogP contribution in [0.15, 0.2) is 109 Å². The van der Waals surface area contributed by atoms with E-state index in [-0.39, 0.29) is 38.6 Å². The molecule has 0 radical (unpaired) electrons. The van der Waals surface area contributed by atoms with E-state index in [0.29, 0.717) is 17.4 Å². The molecule has 0 aromatic carbocycles. The van der Waals surface area contributed by atoms with Gasteiger partial charge in [-0.15, -0.1) is 0 Å². The van der Waals surface area contributed by atoms with E-state index < -0.39 is 24.3 Å². The number of nitrogens with zero attached hydrogens (tertiary/aromatic N) is 1. The number of carbonyl (C=O) groups is 3. The van der Waals surface area contributed by atoms with Crippen molar-refractivity contribution in [2.24, 2.45) is 0 Å². The summed E-state index contributed by atoms with van der Waals surface area (Å²) in [5.74, 6) is -2.34. The average molecular weight is 1050 g/mol. The van der Waals surface area contributed by atoms with Crippen molar-refractivity contribution < 1.29 is 42.9 Å². The van der Waals surface area contributed by atoms with Crippen molar-refractivity contribution in [1.82, 2.24) is 0 Å². The van der Waals surface area contributed by atoms with Gasteiger partial charge in [-0.25, -0.2) is 0 Å². The number of ether oxygens (including phenoxy) is 4. The molecule has 0 amide bonds. The minimum atomic E-state index is -1.64. The highest BCUT2D eigenvalue weighted by Gasteiger charge is 2.22. The molecule has 0 bridgehead atoms. The Kier molecular flexibility index (Phi) is 53.1. The third-order valence-electron chi connectivity index (χ3n) is 12.5. The van der Waals surface area contributed by atoms with Gasteiger partial charge in [0.05, 0.1) is 40.3 Å². The molecule has 428 valence electrons. The molecule has 9 nitrogen and oxygen atoms in total. The Morgan fingerprint density at radius 3 is 1.15 bits per heavy atom. The van der Waals surface area contributed by atoms with E-state index in [1.165, 1.54) is 109 Å². The Labute approximate surface area is 460 Å². The van der Waals surface area contributed by atoms with Gasteiger partial charge in [0.1, 0.15) is 13.2 Å². The number of likely N-dealkylation sites (N-methyl/N-ethyl adjacent to an activating group) is 1. The van der Waals surface area contributed by atoms with Crippen LogP contribution in [0.2, 0.25) is 0 Å². The summed E-state index contributed by atoms with van der Waals surface area (Å²) in [6.07, 6.45) is 74.2. The van der Waals surface area contributed by atoms with Crippen LogP contribution < -0.4 is 5.11 Å². The number of rotatable bonds is 54. The Morgan fingerprint density at radius 2 is 0.760 bits per heavy atom. The minimum Gasteiger partial charge on any atom is -0.545 e. The molecule has 0 N–H and O–H groups in total. The number of hydrogen-bond donors (Lipinski definition) is 0. The van der Waals surface area contributed by atoms with Gasteiger partial charge in [0.15, 0.2) is 12.4 Å². The van der Waals surface area contributed by atoms with Crippen LogP contribution >= 0.6 is 0 Å². The fourth-order valence-corrected chi connectivity index (χ4v) is 7.90. The Morgan fingerprint density at radius 1 is 0.413 bits per heavy atom. The van der Waals surface area contributed by atoms with Gasteiger partial charge >= 0.3 is 11.9 Å². The summed E-state index contributed by atoms with van der Waals surface area (Å²) in [5, 5.41) is 11.8. The van der Waals surface area contributed by atoms with Gasteiger partial charge < -0.3 is 33.3 Å². The average Bonchev–Trinajstić information content (AvgIpc) is 3.38. The molecular weight excluding hydrogens is 935 g/mol. The van der Waals surface area contributed by atoms with Gasteiger partial charge in [-0.2, -0.15) is 0 Å². The summed E-state index contributed by atoms with van der Waals surface area (Å²) in [6, 6.07) is 0. The molecule has 0 aromatic rings. The van der Waals surface area contributed by atoms with Gasteiger partial charge in [-0.1, -0.05) is 226 Å². The van der Waals surface area contributed by atoms with Crippen LogP contribution in [-0.2, 0) is 33.3 Å². The lowest BCUT2D eigenvalue weighted by molar-refractivity contribution is -0.870.